The normalized spacial score (nSPS) is 18.7. The molecule has 12 heteroatoms. The summed E-state index contributed by atoms with van der Waals surface area (Å²) in [6, 6.07) is 13.5. The highest BCUT2D eigenvalue weighted by Crippen LogP contribution is 2.54. The molecule has 39 heavy (non-hydrogen) atoms. The first-order valence-corrected chi connectivity index (χ1v) is 14.1. The Morgan fingerprint density at radius 1 is 1.15 bits per heavy atom. The zero-order valence-electron chi connectivity index (χ0n) is 21.6. The van der Waals surface area contributed by atoms with Gasteiger partial charge in [-0.3, -0.25) is 9.00 Å². The topological polar surface area (TPSA) is 140 Å². The maximum absolute atomic E-state index is 14.0. The van der Waals surface area contributed by atoms with Gasteiger partial charge in [-0.2, -0.15) is 0 Å². The molecule has 1 aromatic heterocycles. The van der Waals surface area contributed by atoms with Crippen LogP contribution in [0.25, 0.3) is 11.4 Å². The van der Waals surface area contributed by atoms with E-state index in [1.54, 1.807) is 25.2 Å². The highest BCUT2D eigenvalue weighted by molar-refractivity contribution is 7.86. The summed E-state index contributed by atoms with van der Waals surface area (Å²) >= 11 is 6.46. The van der Waals surface area contributed by atoms with E-state index in [9.17, 15) is 13.8 Å². The van der Waals surface area contributed by atoms with Crippen LogP contribution in [-0.2, 0) is 20.3 Å². The van der Waals surface area contributed by atoms with Gasteiger partial charge in [-0.05, 0) is 62.2 Å². The molecule has 0 bridgehead atoms. The standard InChI is InChI=1S/C27H29ClN6O4S/c1-16-15-38-12-11-34(16)23-14-22(32-25(33-23)17-3-6-19(7-4-17)31-26(36)30-2)27(9-10-27)39(37)21-8-5-18(24(29)35)13-20(21)28/h3-8,13-14,16H,9-12,15H2,1-2H3,(H2,29,35)(H2,30,31,36)/t16-,39?/m0/s1. The number of primary amides is 1. The average molecular weight is 569 g/mol. The van der Waals surface area contributed by atoms with Crippen molar-refractivity contribution in [2.45, 2.75) is 35.4 Å². The molecule has 3 amide bonds. The van der Waals surface area contributed by atoms with Gasteiger partial charge in [0.1, 0.15) is 5.82 Å². The fourth-order valence-corrected chi connectivity index (χ4v) is 6.58. The molecule has 1 aliphatic heterocycles. The van der Waals surface area contributed by atoms with E-state index >= 15 is 0 Å². The first kappa shape index (κ1) is 27.0. The maximum atomic E-state index is 14.0. The van der Waals surface area contributed by atoms with Crippen LogP contribution in [0.15, 0.2) is 53.4 Å². The van der Waals surface area contributed by atoms with Gasteiger partial charge < -0.3 is 26.0 Å². The van der Waals surface area contributed by atoms with Crippen molar-refractivity contribution in [3.8, 4) is 11.4 Å². The smallest absolute Gasteiger partial charge is 0.318 e. The maximum Gasteiger partial charge on any atom is 0.318 e. The summed E-state index contributed by atoms with van der Waals surface area (Å²) in [4.78, 5) is 35.7. The van der Waals surface area contributed by atoms with Crippen LogP contribution in [0.4, 0.5) is 16.3 Å². The number of anilines is 2. The molecule has 204 valence electrons. The van der Waals surface area contributed by atoms with Crippen molar-refractivity contribution < 1.29 is 18.5 Å². The van der Waals surface area contributed by atoms with Gasteiger partial charge in [-0.15, -0.1) is 0 Å². The minimum absolute atomic E-state index is 0.102. The lowest BCUT2D eigenvalue weighted by Crippen LogP contribution is -2.44. The van der Waals surface area contributed by atoms with E-state index in [0.717, 1.165) is 11.4 Å². The number of carbonyl (C=O) groups excluding carboxylic acids is 2. The van der Waals surface area contributed by atoms with E-state index in [1.165, 1.54) is 12.1 Å². The third kappa shape index (κ3) is 5.47. The van der Waals surface area contributed by atoms with Gasteiger partial charge >= 0.3 is 6.03 Å². The Balaban J connectivity index is 1.55. The first-order valence-electron chi connectivity index (χ1n) is 12.6. The van der Waals surface area contributed by atoms with Crippen molar-refractivity contribution in [3.05, 3.63) is 64.8 Å². The summed E-state index contributed by atoms with van der Waals surface area (Å²) in [5, 5.41) is 5.49. The number of halogens is 1. The summed E-state index contributed by atoms with van der Waals surface area (Å²) in [7, 11) is 0.0130. The molecule has 1 unspecified atom stereocenters. The minimum atomic E-state index is -1.54. The molecule has 2 fully saturated rings. The monoisotopic (exact) mass is 568 g/mol. The summed E-state index contributed by atoms with van der Waals surface area (Å²) in [5.74, 6) is 0.625. The number of hydrogen-bond donors (Lipinski definition) is 3. The Morgan fingerprint density at radius 3 is 2.51 bits per heavy atom. The number of nitrogens with one attached hydrogen (secondary N) is 2. The largest absolute Gasteiger partial charge is 0.377 e. The number of amides is 3. The summed E-state index contributed by atoms with van der Waals surface area (Å²) in [5.41, 5.74) is 7.69. The Kier molecular flexibility index (Phi) is 7.57. The predicted molar refractivity (Wildman–Crippen MR) is 150 cm³/mol. The van der Waals surface area contributed by atoms with Crippen molar-refractivity contribution in [2.24, 2.45) is 5.73 Å². The lowest BCUT2D eigenvalue weighted by Gasteiger charge is -2.34. The van der Waals surface area contributed by atoms with E-state index in [0.29, 0.717) is 54.7 Å². The molecular formula is C27H29ClN6O4S. The van der Waals surface area contributed by atoms with Crippen molar-refractivity contribution in [3.63, 3.8) is 0 Å². The molecule has 1 saturated carbocycles. The fraction of sp³-hybridized carbons (Fsp3) is 0.333. The summed E-state index contributed by atoms with van der Waals surface area (Å²) < 4.78 is 18.9. The highest BCUT2D eigenvalue weighted by atomic mass is 35.5. The van der Waals surface area contributed by atoms with Gasteiger partial charge in [0.15, 0.2) is 5.82 Å². The molecule has 1 aliphatic carbocycles. The molecule has 4 N–H and O–H groups in total. The molecule has 10 nitrogen and oxygen atoms in total. The Labute approximate surface area is 233 Å². The second kappa shape index (κ2) is 10.9. The van der Waals surface area contributed by atoms with Crippen LogP contribution in [0.3, 0.4) is 0 Å². The Bertz CT molecular complexity index is 1450. The molecule has 5 rings (SSSR count). The first-order chi connectivity index (χ1) is 18.7. The number of morpholine rings is 1. The third-order valence-corrected chi connectivity index (χ3v) is 9.45. The Morgan fingerprint density at radius 2 is 1.90 bits per heavy atom. The van der Waals surface area contributed by atoms with Crippen molar-refractivity contribution in [1.82, 2.24) is 15.3 Å². The zero-order chi connectivity index (χ0) is 27.7. The number of nitrogens with two attached hydrogens (primary N) is 1. The number of carbonyl (C=O) groups is 2. The minimum Gasteiger partial charge on any atom is -0.377 e. The van der Waals surface area contributed by atoms with E-state index in [2.05, 4.69) is 22.5 Å². The number of ether oxygens (including phenoxy) is 1. The zero-order valence-corrected chi connectivity index (χ0v) is 23.1. The van der Waals surface area contributed by atoms with Gasteiger partial charge in [0.2, 0.25) is 5.91 Å². The van der Waals surface area contributed by atoms with E-state index < -0.39 is 21.5 Å². The molecule has 0 radical (unpaired) electrons. The molecular weight excluding hydrogens is 540 g/mol. The molecule has 2 heterocycles. The van der Waals surface area contributed by atoms with Crippen molar-refractivity contribution >= 4 is 45.8 Å². The lowest BCUT2D eigenvalue weighted by molar-refractivity contribution is 0.0985. The highest BCUT2D eigenvalue weighted by Gasteiger charge is 2.53. The number of rotatable bonds is 7. The molecule has 2 aromatic carbocycles. The third-order valence-electron chi connectivity index (χ3n) is 6.94. The summed E-state index contributed by atoms with van der Waals surface area (Å²) in [6.07, 6.45) is 1.33. The van der Waals surface area contributed by atoms with Crippen LogP contribution >= 0.6 is 11.6 Å². The number of benzene rings is 2. The van der Waals surface area contributed by atoms with Crippen molar-refractivity contribution in [2.75, 3.05) is 37.0 Å². The van der Waals surface area contributed by atoms with Crippen LogP contribution < -0.4 is 21.3 Å². The molecule has 2 aliphatic rings. The lowest BCUT2D eigenvalue weighted by atomic mass is 10.1. The number of urea groups is 1. The number of hydrogen-bond acceptors (Lipinski definition) is 7. The molecule has 0 spiro atoms. The van der Waals surface area contributed by atoms with Crippen LogP contribution in [0.5, 0.6) is 0 Å². The van der Waals surface area contributed by atoms with Crippen LogP contribution in [0.2, 0.25) is 5.02 Å². The van der Waals surface area contributed by atoms with Crippen molar-refractivity contribution in [1.29, 1.82) is 0 Å². The summed E-state index contributed by atoms with van der Waals surface area (Å²) in [6.45, 7) is 3.90. The second-order valence-electron chi connectivity index (χ2n) is 9.61. The quantitative estimate of drug-likeness (QED) is 0.395. The average Bonchev–Trinajstić information content (AvgIpc) is 3.75. The van der Waals surface area contributed by atoms with Gasteiger partial charge in [-0.1, -0.05) is 11.6 Å². The second-order valence-corrected chi connectivity index (χ2v) is 11.8. The molecule has 1 saturated heterocycles. The van der Waals surface area contributed by atoms with Gasteiger partial charge in [0.05, 0.1) is 50.4 Å². The van der Waals surface area contributed by atoms with Gasteiger partial charge in [-0.25, -0.2) is 14.8 Å². The van der Waals surface area contributed by atoms with E-state index in [-0.39, 0.29) is 22.7 Å². The number of nitrogens with zero attached hydrogens (tertiary/aromatic N) is 3. The van der Waals surface area contributed by atoms with Gasteiger partial charge in [0.25, 0.3) is 0 Å². The number of aromatic nitrogens is 2. The molecule has 2 atom stereocenters. The van der Waals surface area contributed by atoms with Crippen LogP contribution in [0.1, 0.15) is 35.8 Å². The van der Waals surface area contributed by atoms with Gasteiger partial charge in [0, 0.05) is 36.5 Å². The van der Waals surface area contributed by atoms with E-state index in [4.69, 9.17) is 32.0 Å². The Hall–Kier alpha value is -3.54. The fourth-order valence-electron chi connectivity index (χ4n) is 4.57. The van der Waals surface area contributed by atoms with Crippen LogP contribution in [-0.4, -0.2) is 59.0 Å². The SMILES string of the molecule is CNC(=O)Nc1ccc(-c2nc(N3CCOC[C@@H]3C)cc(C3(S(=O)c4ccc(C(N)=O)cc4Cl)CC3)n2)cc1. The predicted octanol–water partition coefficient (Wildman–Crippen LogP) is 3.67. The van der Waals surface area contributed by atoms with Crippen LogP contribution in [0, 0.1) is 0 Å². The molecule has 3 aromatic rings. The van der Waals surface area contributed by atoms with E-state index in [1.807, 2.05) is 18.2 Å².